The van der Waals surface area contributed by atoms with E-state index in [4.69, 9.17) is 21.3 Å². The number of ether oxygens (including phenoxy) is 1. The standard InChI is InChI=1S/C22H23ClFN3O2S/c1-12-6-8-13(9-7-12)18-16(22(28)29-2)19(14-4-3-5-15(24)17(14)23)27-20(26-18)21-25-10-11-30-21/h3-5,10-13,19H,6-9H2,1-2H3,(H,26,27). The SMILES string of the molecule is COC(=O)C1=C(C2CCC(C)CC2)NC(c2nccs2)=NC1c1cccc(F)c1Cl. The molecule has 158 valence electrons. The number of carbonyl (C=O) groups is 1. The molecule has 30 heavy (non-hydrogen) atoms. The van der Waals surface area contributed by atoms with Crippen LogP contribution in [0.5, 0.6) is 0 Å². The largest absolute Gasteiger partial charge is 0.466 e. The van der Waals surface area contributed by atoms with Gasteiger partial charge in [0.25, 0.3) is 0 Å². The van der Waals surface area contributed by atoms with Crippen molar-refractivity contribution in [2.45, 2.75) is 38.6 Å². The first-order chi connectivity index (χ1) is 14.5. The van der Waals surface area contributed by atoms with Crippen LogP contribution in [0.25, 0.3) is 0 Å². The molecule has 0 spiro atoms. The molecule has 1 fully saturated rings. The molecule has 1 aromatic heterocycles. The number of nitrogens with zero attached hydrogens (tertiary/aromatic N) is 2. The zero-order chi connectivity index (χ0) is 21.3. The number of benzene rings is 1. The molecule has 1 N–H and O–H groups in total. The van der Waals surface area contributed by atoms with Gasteiger partial charge in [0.05, 0.1) is 17.7 Å². The predicted molar refractivity (Wildman–Crippen MR) is 116 cm³/mol. The number of hydrogen-bond donors (Lipinski definition) is 1. The zero-order valence-corrected chi connectivity index (χ0v) is 18.4. The van der Waals surface area contributed by atoms with Crippen LogP contribution in [0.15, 0.2) is 46.0 Å². The molecular weight excluding hydrogens is 425 g/mol. The molecule has 2 heterocycles. The van der Waals surface area contributed by atoms with Gasteiger partial charge in [-0.15, -0.1) is 11.3 Å². The Balaban J connectivity index is 1.87. The molecule has 1 unspecified atom stereocenters. The molecule has 0 radical (unpaired) electrons. The number of carbonyl (C=O) groups excluding carboxylic acids is 1. The third kappa shape index (κ3) is 4.01. The quantitative estimate of drug-likeness (QED) is 0.647. The number of amidine groups is 1. The number of allylic oxidation sites excluding steroid dienone is 1. The molecule has 0 bridgehead atoms. The van der Waals surface area contributed by atoms with E-state index < -0.39 is 17.8 Å². The second-order valence-electron chi connectivity index (χ2n) is 7.76. The lowest BCUT2D eigenvalue weighted by Gasteiger charge is -2.34. The number of aliphatic imine (C=N–C) groups is 1. The maximum absolute atomic E-state index is 14.3. The molecule has 8 heteroatoms. The van der Waals surface area contributed by atoms with Crippen molar-refractivity contribution in [3.05, 3.63) is 62.5 Å². The average Bonchev–Trinajstić information content (AvgIpc) is 3.30. The van der Waals surface area contributed by atoms with E-state index in [-0.39, 0.29) is 10.9 Å². The van der Waals surface area contributed by atoms with Crippen molar-refractivity contribution < 1.29 is 13.9 Å². The summed E-state index contributed by atoms with van der Waals surface area (Å²) >= 11 is 7.76. The normalized spacial score (nSPS) is 24.3. The van der Waals surface area contributed by atoms with Crippen molar-refractivity contribution in [3.63, 3.8) is 0 Å². The summed E-state index contributed by atoms with van der Waals surface area (Å²) in [7, 11) is 1.35. The molecule has 1 aliphatic heterocycles. The van der Waals surface area contributed by atoms with Gasteiger partial charge in [0.2, 0.25) is 0 Å². The first-order valence-electron chi connectivity index (χ1n) is 10.0. The van der Waals surface area contributed by atoms with Crippen LogP contribution in [0.2, 0.25) is 5.02 Å². The van der Waals surface area contributed by atoms with Gasteiger partial charge >= 0.3 is 5.97 Å². The lowest BCUT2D eigenvalue weighted by molar-refractivity contribution is -0.136. The highest BCUT2D eigenvalue weighted by Gasteiger charge is 2.37. The Morgan fingerprint density at radius 1 is 1.30 bits per heavy atom. The number of thiazole rings is 1. The lowest BCUT2D eigenvalue weighted by Crippen LogP contribution is -2.37. The molecule has 5 nitrogen and oxygen atoms in total. The summed E-state index contributed by atoms with van der Waals surface area (Å²) in [6.07, 6.45) is 5.78. The molecule has 0 saturated heterocycles. The van der Waals surface area contributed by atoms with Gasteiger partial charge in [-0.05, 0) is 30.7 Å². The number of rotatable bonds is 4. The van der Waals surface area contributed by atoms with Crippen molar-refractivity contribution in [1.82, 2.24) is 10.3 Å². The van der Waals surface area contributed by atoms with E-state index in [1.54, 1.807) is 18.3 Å². The van der Waals surface area contributed by atoms with Gasteiger partial charge in [-0.2, -0.15) is 0 Å². The minimum Gasteiger partial charge on any atom is -0.466 e. The molecular formula is C22H23ClFN3O2S. The van der Waals surface area contributed by atoms with E-state index in [1.807, 2.05) is 5.38 Å². The minimum atomic E-state index is -0.768. The summed E-state index contributed by atoms with van der Waals surface area (Å²) in [5, 5.41) is 5.91. The monoisotopic (exact) mass is 447 g/mol. The Morgan fingerprint density at radius 2 is 2.07 bits per heavy atom. The minimum absolute atomic E-state index is 0.0374. The molecule has 1 saturated carbocycles. The highest BCUT2D eigenvalue weighted by molar-refractivity contribution is 7.11. The van der Waals surface area contributed by atoms with Gasteiger partial charge in [-0.25, -0.2) is 14.2 Å². The van der Waals surface area contributed by atoms with Crippen LogP contribution < -0.4 is 5.32 Å². The van der Waals surface area contributed by atoms with Gasteiger partial charge in [0.1, 0.15) is 11.9 Å². The molecule has 2 aliphatic rings. The third-order valence-electron chi connectivity index (χ3n) is 5.82. The van der Waals surface area contributed by atoms with Crippen molar-refractivity contribution in [2.24, 2.45) is 16.8 Å². The Bertz CT molecular complexity index is 998. The van der Waals surface area contributed by atoms with Crippen LogP contribution in [0.4, 0.5) is 4.39 Å². The highest BCUT2D eigenvalue weighted by atomic mass is 35.5. The van der Waals surface area contributed by atoms with Crippen LogP contribution in [-0.4, -0.2) is 23.9 Å². The van der Waals surface area contributed by atoms with Crippen LogP contribution >= 0.6 is 22.9 Å². The summed E-state index contributed by atoms with van der Waals surface area (Å²) in [5.41, 5.74) is 1.62. The molecule has 2 aromatic rings. The van der Waals surface area contributed by atoms with Crippen LogP contribution in [-0.2, 0) is 9.53 Å². The Morgan fingerprint density at radius 3 is 2.73 bits per heavy atom. The van der Waals surface area contributed by atoms with Crippen LogP contribution in [0.3, 0.4) is 0 Å². The molecule has 1 aliphatic carbocycles. The summed E-state index contributed by atoms with van der Waals surface area (Å²) in [6, 6.07) is 3.81. The summed E-state index contributed by atoms with van der Waals surface area (Å²) in [6.45, 7) is 2.25. The van der Waals surface area contributed by atoms with E-state index in [0.29, 0.717) is 27.9 Å². The number of nitrogens with one attached hydrogen (secondary N) is 1. The number of aromatic nitrogens is 1. The summed E-state index contributed by atoms with van der Waals surface area (Å²) < 4.78 is 19.4. The number of methoxy groups -OCH3 is 1. The predicted octanol–water partition coefficient (Wildman–Crippen LogP) is 5.28. The Labute approximate surface area is 184 Å². The highest BCUT2D eigenvalue weighted by Crippen LogP contribution is 2.42. The second kappa shape index (κ2) is 8.86. The number of halogens is 2. The molecule has 4 rings (SSSR count). The summed E-state index contributed by atoms with van der Waals surface area (Å²) in [4.78, 5) is 22.0. The number of hydrogen-bond acceptors (Lipinski definition) is 6. The molecule has 0 amide bonds. The van der Waals surface area contributed by atoms with E-state index in [1.165, 1.54) is 24.5 Å². The smallest absolute Gasteiger partial charge is 0.338 e. The maximum Gasteiger partial charge on any atom is 0.338 e. The van der Waals surface area contributed by atoms with Crippen molar-refractivity contribution in [3.8, 4) is 0 Å². The van der Waals surface area contributed by atoms with Crippen molar-refractivity contribution in [2.75, 3.05) is 7.11 Å². The Kier molecular flexibility index (Phi) is 6.20. The Hall–Kier alpha value is -2.25. The van der Waals surface area contributed by atoms with Crippen LogP contribution in [0.1, 0.15) is 49.2 Å². The first-order valence-corrected chi connectivity index (χ1v) is 11.3. The van der Waals surface area contributed by atoms with E-state index in [0.717, 1.165) is 31.4 Å². The fraction of sp³-hybridized carbons (Fsp3) is 0.409. The van der Waals surface area contributed by atoms with E-state index in [2.05, 4.69) is 17.2 Å². The second-order valence-corrected chi connectivity index (χ2v) is 9.03. The fourth-order valence-corrected chi connectivity index (χ4v) is 4.99. The van der Waals surface area contributed by atoms with Gasteiger partial charge in [-0.3, -0.25) is 4.99 Å². The molecule has 1 atom stereocenters. The van der Waals surface area contributed by atoms with Gasteiger partial charge < -0.3 is 10.1 Å². The van der Waals surface area contributed by atoms with Crippen molar-refractivity contribution in [1.29, 1.82) is 0 Å². The van der Waals surface area contributed by atoms with E-state index >= 15 is 0 Å². The summed E-state index contributed by atoms with van der Waals surface area (Å²) in [5.74, 6) is 0.360. The van der Waals surface area contributed by atoms with Gasteiger partial charge in [-0.1, -0.05) is 43.5 Å². The number of esters is 1. The molecule has 1 aromatic carbocycles. The van der Waals surface area contributed by atoms with E-state index in [9.17, 15) is 9.18 Å². The van der Waals surface area contributed by atoms with Gasteiger partial charge in [0, 0.05) is 22.8 Å². The lowest BCUT2D eigenvalue weighted by atomic mass is 9.78. The van der Waals surface area contributed by atoms with Crippen LogP contribution in [0, 0.1) is 17.7 Å². The maximum atomic E-state index is 14.3. The first kappa shape index (κ1) is 21.0. The van der Waals surface area contributed by atoms with Gasteiger partial charge in [0.15, 0.2) is 10.8 Å². The zero-order valence-electron chi connectivity index (χ0n) is 16.8. The van der Waals surface area contributed by atoms with Crippen molar-refractivity contribution >= 4 is 34.7 Å². The fourth-order valence-electron chi connectivity index (χ4n) is 4.18. The average molecular weight is 448 g/mol. The topological polar surface area (TPSA) is 63.6 Å². The third-order valence-corrected chi connectivity index (χ3v) is 6.99.